The Hall–Kier alpha value is -2.49. The van der Waals surface area contributed by atoms with E-state index < -0.39 is 6.10 Å². The summed E-state index contributed by atoms with van der Waals surface area (Å²) in [5, 5.41) is 2.90. The molecule has 26 heavy (non-hydrogen) atoms. The van der Waals surface area contributed by atoms with Crippen LogP contribution in [0.25, 0.3) is 0 Å². The van der Waals surface area contributed by atoms with Crippen LogP contribution in [-0.2, 0) is 4.79 Å². The van der Waals surface area contributed by atoms with Gasteiger partial charge in [0.25, 0.3) is 5.91 Å². The van der Waals surface area contributed by atoms with Crippen LogP contribution in [0.2, 0.25) is 0 Å². The topological polar surface area (TPSA) is 47.6 Å². The molecule has 1 amide bonds. The van der Waals surface area contributed by atoms with Gasteiger partial charge in [-0.05, 0) is 49.4 Å². The summed E-state index contributed by atoms with van der Waals surface area (Å²) in [5.41, 5.74) is 1.83. The zero-order valence-corrected chi connectivity index (χ0v) is 16.1. The second kappa shape index (κ2) is 9.85. The number of nitrogens with one attached hydrogen (secondary N) is 1. The molecule has 0 saturated carbocycles. The minimum Gasteiger partial charge on any atom is -0.494 e. The van der Waals surface area contributed by atoms with Gasteiger partial charge < -0.3 is 14.8 Å². The molecule has 2 rings (SSSR count). The summed E-state index contributed by atoms with van der Waals surface area (Å²) in [7, 11) is 0. The van der Waals surface area contributed by atoms with Crippen LogP contribution in [0.3, 0.4) is 0 Å². The van der Waals surface area contributed by atoms with Gasteiger partial charge in [0.15, 0.2) is 6.10 Å². The highest BCUT2D eigenvalue weighted by Gasteiger charge is 2.18. The zero-order chi connectivity index (χ0) is 18.9. The van der Waals surface area contributed by atoms with Gasteiger partial charge in [0.2, 0.25) is 0 Å². The molecule has 2 unspecified atom stereocenters. The molecule has 0 radical (unpaired) electrons. The van der Waals surface area contributed by atoms with Crippen LogP contribution < -0.4 is 14.8 Å². The molecule has 0 fully saturated rings. The number of amides is 1. The van der Waals surface area contributed by atoms with E-state index in [4.69, 9.17) is 9.47 Å². The van der Waals surface area contributed by atoms with E-state index in [1.54, 1.807) is 6.92 Å². The fraction of sp³-hybridized carbons (Fsp3) is 0.409. The molecule has 4 heteroatoms. The van der Waals surface area contributed by atoms with E-state index in [1.807, 2.05) is 42.5 Å². The number of anilines is 1. The molecular weight excluding hydrogens is 326 g/mol. The van der Waals surface area contributed by atoms with Gasteiger partial charge in [-0.2, -0.15) is 0 Å². The van der Waals surface area contributed by atoms with Gasteiger partial charge in [0.05, 0.1) is 6.61 Å². The molecule has 0 heterocycles. The molecule has 140 valence electrons. The van der Waals surface area contributed by atoms with Gasteiger partial charge >= 0.3 is 0 Å². The Morgan fingerprint density at radius 1 is 1.08 bits per heavy atom. The standard InChI is InChI=1S/C22H29NO3/c1-5-14-25-19-11-9-10-18(15-19)23-22(24)17(4)26-21-13-8-7-12-20(21)16(3)6-2/h7-13,15-17H,5-6,14H2,1-4H3,(H,23,24). The number of benzene rings is 2. The first-order valence-electron chi connectivity index (χ1n) is 9.34. The van der Waals surface area contributed by atoms with Crippen LogP contribution in [0, 0.1) is 0 Å². The molecule has 2 aromatic rings. The summed E-state index contributed by atoms with van der Waals surface area (Å²) in [5.74, 6) is 1.72. The second-order valence-electron chi connectivity index (χ2n) is 6.47. The third kappa shape index (κ3) is 5.51. The summed E-state index contributed by atoms with van der Waals surface area (Å²) in [6.45, 7) is 8.78. The van der Waals surface area contributed by atoms with Gasteiger partial charge in [0.1, 0.15) is 11.5 Å². The monoisotopic (exact) mass is 355 g/mol. The van der Waals surface area contributed by atoms with Crippen molar-refractivity contribution in [3.05, 3.63) is 54.1 Å². The summed E-state index contributed by atoms with van der Waals surface area (Å²) >= 11 is 0. The molecular formula is C22H29NO3. The normalized spacial score (nSPS) is 12.9. The minimum absolute atomic E-state index is 0.184. The van der Waals surface area contributed by atoms with Crippen molar-refractivity contribution in [3.63, 3.8) is 0 Å². The summed E-state index contributed by atoms with van der Waals surface area (Å²) < 4.78 is 11.6. The fourth-order valence-corrected chi connectivity index (χ4v) is 2.59. The van der Waals surface area contributed by atoms with Crippen LogP contribution in [0.1, 0.15) is 52.0 Å². The number of hydrogen-bond donors (Lipinski definition) is 1. The number of ether oxygens (including phenoxy) is 2. The molecule has 0 aliphatic heterocycles. The van der Waals surface area contributed by atoms with Crippen molar-refractivity contribution in [2.45, 2.75) is 52.6 Å². The van der Waals surface area contributed by atoms with Crippen molar-refractivity contribution < 1.29 is 14.3 Å². The Balaban J connectivity index is 2.02. The molecule has 0 aliphatic carbocycles. The average Bonchev–Trinajstić information content (AvgIpc) is 2.66. The van der Waals surface area contributed by atoms with Gasteiger partial charge in [-0.15, -0.1) is 0 Å². The fourth-order valence-electron chi connectivity index (χ4n) is 2.59. The van der Waals surface area contributed by atoms with Gasteiger partial charge in [-0.3, -0.25) is 4.79 Å². The van der Waals surface area contributed by atoms with E-state index >= 15 is 0 Å². The number of carbonyl (C=O) groups is 1. The maximum Gasteiger partial charge on any atom is 0.265 e. The van der Waals surface area contributed by atoms with E-state index in [0.29, 0.717) is 18.2 Å². The van der Waals surface area contributed by atoms with Crippen molar-refractivity contribution >= 4 is 11.6 Å². The maximum absolute atomic E-state index is 12.5. The highest BCUT2D eigenvalue weighted by atomic mass is 16.5. The smallest absolute Gasteiger partial charge is 0.265 e. The largest absolute Gasteiger partial charge is 0.494 e. The van der Waals surface area contributed by atoms with E-state index in [9.17, 15) is 4.79 Å². The number of carbonyl (C=O) groups excluding carboxylic acids is 1. The van der Waals surface area contributed by atoms with E-state index in [0.717, 1.165) is 29.9 Å². The summed E-state index contributed by atoms with van der Waals surface area (Å²) in [4.78, 5) is 12.5. The highest BCUT2D eigenvalue weighted by molar-refractivity contribution is 5.94. The first-order valence-corrected chi connectivity index (χ1v) is 9.34. The lowest BCUT2D eigenvalue weighted by Crippen LogP contribution is -2.30. The molecule has 2 atom stereocenters. The lowest BCUT2D eigenvalue weighted by atomic mass is 9.98. The SMILES string of the molecule is CCCOc1cccc(NC(=O)C(C)Oc2ccccc2C(C)CC)c1. The predicted octanol–water partition coefficient (Wildman–Crippen LogP) is 5.39. The zero-order valence-electron chi connectivity index (χ0n) is 16.1. The predicted molar refractivity (Wildman–Crippen MR) is 106 cm³/mol. The summed E-state index contributed by atoms with van der Waals surface area (Å²) in [6.07, 6.45) is 1.36. The summed E-state index contributed by atoms with van der Waals surface area (Å²) in [6, 6.07) is 15.3. The Kier molecular flexibility index (Phi) is 7.52. The van der Waals surface area contributed by atoms with Crippen LogP contribution in [0.4, 0.5) is 5.69 Å². The van der Waals surface area contributed by atoms with Gasteiger partial charge in [-0.1, -0.05) is 45.0 Å². The lowest BCUT2D eigenvalue weighted by Gasteiger charge is -2.19. The van der Waals surface area contributed by atoms with E-state index in [-0.39, 0.29) is 5.91 Å². The van der Waals surface area contributed by atoms with Crippen LogP contribution in [-0.4, -0.2) is 18.6 Å². The second-order valence-corrected chi connectivity index (χ2v) is 6.47. The molecule has 1 N–H and O–H groups in total. The van der Waals surface area contributed by atoms with E-state index in [2.05, 4.69) is 32.2 Å². The number of rotatable bonds is 9. The van der Waals surface area contributed by atoms with Crippen molar-refractivity contribution in [1.29, 1.82) is 0 Å². The highest BCUT2D eigenvalue weighted by Crippen LogP contribution is 2.29. The van der Waals surface area contributed by atoms with Gasteiger partial charge in [0, 0.05) is 11.8 Å². The Bertz CT molecular complexity index is 714. The molecule has 0 aliphatic rings. The van der Waals surface area contributed by atoms with E-state index in [1.165, 1.54) is 0 Å². The maximum atomic E-state index is 12.5. The molecule has 0 saturated heterocycles. The van der Waals surface area contributed by atoms with Crippen molar-refractivity contribution in [2.24, 2.45) is 0 Å². The number of hydrogen-bond acceptors (Lipinski definition) is 3. The quantitative estimate of drug-likeness (QED) is 0.655. The Morgan fingerprint density at radius 2 is 1.85 bits per heavy atom. The minimum atomic E-state index is -0.597. The van der Waals surface area contributed by atoms with Crippen molar-refractivity contribution in [2.75, 3.05) is 11.9 Å². The third-order valence-electron chi connectivity index (χ3n) is 4.31. The first-order chi connectivity index (χ1) is 12.5. The molecule has 0 bridgehead atoms. The molecule has 0 spiro atoms. The van der Waals surface area contributed by atoms with Gasteiger partial charge in [-0.25, -0.2) is 0 Å². The Labute approximate surface area is 156 Å². The number of para-hydroxylation sites is 1. The lowest BCUT2D eigenvalue weighted by molar-refractivity contribution is -0.122. The molecule has 4 nitrogen and oxygen atoms in total. The van der Waals surface area contributed by atoms with Crippen molar-refractivity contribution in [1.82, 2.24) is 0 Å². The first kappa shape index (κ1) is 19.8. The van der Waals surface area contributed by atoms with Crippen LogP contribution in [0.5, 0.6) is 11.5 Å². The van der Waals surface area contributed by atoms with Crippen LogP contribution >= 0.6 is 0 Å². The molecule has 2 aromatic carbocycles. The molecule has 0 aromatic heterocycles. The van der Waals surface area contributed by atoms with Crippen LogP contribution in [0.15, 0.2) is 48.5 Å². The average molecular weight is 355 g/mol. The Morgan fingerprint density at radius 3 is 2.58 bits per heavy atom. The van der Waals surface area contributed by atoms with Crippen molar-refractivity contribution in [3.8, 4) is 11.5 Å². The third-order valence-corrected chi connectivity index (χ3v) is 4.31.